The van der Waals surface area contributed by atoms with E-state index in [1.807, 2.05) is 30.3 Å². The third-order valence-corrected chi connectivity index (χ3v) is 8.54. The molecule has 10 heteroatoms. The highest BCUT2D eigenvalue weighted by atomic mass is 35.5. The molecule has 2 aromatic rings. The molecular weight excluding hydrogens is 499 g/mol. The molecule has 0 N–H and O–H groups in total. The highest BCUT2D eigenvalue weighted by Crippen LogP contribution is 2.38. The Hall–Kier alpha value is -1.84. The number of carbonyl (C=O) groups is 1. The molecule has 34 heavy (non-hydrogen) atoms. The number of carbonyl (C=O) groups excluding carboxylic acids is 1. The van der Waals surface area contributed by atoms with Crippen molar-refractivity contribution in [3.05, 3.63) is 58.6 Å². The highest BCUT2D eigenvalue weighted by Gasteiger charge is 2.43. The summed E-state index contributed by atoms with van der Waals surface area (Å²) in [6.45, 7) is 2.85. The molecule has 2 saturated heterocycles. The number of hydrogen-bond donors (Lipinski definition) is 0. The molecule has 0 aromatic heterocycles. The maximum Gasteiger partial charge on any atom is 0.243 e. The molecule has 4 rings (SSSR count). The molecule has 1 atom stereocenters. The minimum atomic E-state index is -3.86. The van der Waals surface area contributed by atoms with Gasteiger partial charge in [0.1, 0.15) is 5.75 Å². The summed E-state index contributed by atoms with van der Waals surface area (Å²) in [4.78, 5) is 15.0. The summed E-state index contributed by atoms with van der Waals surface area (Å²) in [5.74, 6) is 0.673. The van der Waals surface area contributed by atoms with Crippen molar-refractivity contribution in [2.45, 2.75) is 24.2 Å². The third kappa shape index (κ3) is 6.04. The van der Waals surface area contributed by atoms with E-state index in [0.29, 0.717) is 51.4 Å². The minimum Gasteiger partial charge on any atom is -0.493 e. The van der Waals surface area contributed by atoms with Crippen LogP contribution >= 0.6 is 23.2 Å². The average molecular weight is 527 g/mol. The number of para-hydroxylation sites is 1. The fraction of sp³-hybridized carbons (Fsp3) is 0.458. The second kappa shape index (κ2) is 10.8. The lowest BCUT2D eigenvalue weighted by atomic mass is 9.78. The first-order valence-electron chi connectivity index (χ1n) is 11.3. The Morgan fingerprint density at radius 3 is 2.38 bits per heavy atom. The number of piperidine rings is 1. The van der Waals surface area contributed by atoms with Crippen LogP contribution in [0.1, 0.15) is 19.3 Å². The molecular formula is C24H28Cl2N2O5S. The smallest absolute Gasteiger partial charge is 0.243 e. The molecule has 2 aliphatic rings. The van der Waals surface area contributed by atoms with Crippen LogP contribution in [0.3, 0.4) is 0 Å². The van der Waals surface area contributed by atoms with Gasteiger partial charge in [-0.25, -0.2) is 8.42 Å². The summed E-state index contributed by atoms with van der Waals surface area (Å²) >= 11 is 12.2. The maximum atomic E-state index is 13.5. The van der Waals surface area contributed by atoms with Crippen molar-refractivity contribution in [1.82, 2.24) is 9.21 Å². The van der Waals surface area contributed by atoms with Crippen molar-refractivity contribution in [1.29, 1.82) is 0 Å². The van der Waals surface area contributed by atoms with Crippen LogP contribution in [-0.2, 0) is 19.6 Å². The summed E-state index contributed by atoms with van der Waals surface area (Å²) in [6.07, 6.45) is 1.49. The first-order chi connectivity index (χ1) is 16.3. The van der Waals surface area contributed by atoms with E-state index in [4.69, 9.17) is 32.7 Å². The summed E-state index contributed by atoms with van der Waals surface area (Å²) < 4.78 is 39.9. The van der Waals surface area contributed by atoms with Crippen LogP contribution in [-0.4, -0.2) is 69.5 Å². The quantitative estimate of drug-likeness (QED) is 0.542. The first-order valence-corrected chi connectivity index (χ1v) is 13.5. The van der Waals surface area contributed by atoms with Crippen LogP contribution < -0.4 is 4.74 Å². The van der Waals surface area contributed by atoms with Crippen LogP contribution in [0.15, 0.2) is 53.4 Å². The molecule has 2 aromatic carbocycles. The lowest BCUT2D eigenvalue weighted by Crippen LogP contribution is -2.51. The monoisotopic (exact) mass is 526 g/mol. The van der Waals surface area contributed by atoms with Crippen molar-refractivity contribution < 1.29 is 22.7 Å². The summed E-state index contributed by atoms with van der Waals surface area (Å²) in [6, 6.07) is 13.7. The number of nitrogens with zero attached hydrogens (tertiary/aromatic N) is 2. The zero-order chi connectivity index (χ0) is 24.2. The van der Waals surface area contributed by atoms with Crippen LogP contribution in [0.4, 0.5) is 0 Å². The maximum absolute atomic E-state index is 13.5. The number of amides is 1. The standard InChI is InChI=1S/C24H28Cl2N2O5S/c25-19-13-20(26)15-22(14-19)34(30,31)28-8-4-7-24(17-28,18-33-21-5-2-1-3-6-21)16-23(29)27-9-11-32-12-10-27/h1-3,5-6,13-15H,4,7-12,16-18H2. The predicted molar refractivity (Wildman–Crippen MR) is 131 cm³/mol. The Kier molecular flexibility index (Phi) is 8.05. The summed E-state index contributed by atoms with van der Waals surface area (Å²) in [7, 11) is -3.86. The Bertz CT molecular complexity index is 1090. The van der Waals surface area contributed by atoms with E-state index < -0.39 is 15.4 Å². The van der Waals surface area contributed by atoms with Gasteiger partial charge < -0.3 is 14.4 Å². The number of halogens is 2. The molecule has 7 nitrogen and oxygen atoms in total. The Balaban J connectivity index is 1.59. The van der Waals surface area contributed by atoms with E-state index in [1.54, 1.807) is 4.90 Å². The summed E-state index contributed by atoms with van der Waals surface area (Å²) in [5.41, 5.74) is -0.668. The van der Waals surface area contributed by atoms with Gasteiger partial charge in [-0.15, -0.1) is 0 Å². The highest BCUT2D eigenvalue weighted by molar-refractivity contribution is 7.89. The molecule has 1 unspecified atom stereocenters. The largest absolute Gasteiger partial charge is 0.493 e. The molecule has 2 aliphatic heterocycles. The van der Waals surface area contributed by atoms with Crippen molar-refractivity contribution in [3.8, 4) is 5.75 Å². The van der Waals surface area contributed by atoms with Crippen molar-refractivity contribution in [2.24, 2.45) is 5.41 Å². The minimum absolute atomic E-state index is 0.00925. The van der Waals surface area contributed by atoms with Gasteiger partial charge in [-0.3, -0.25) is 4.79 Å². The average Bonchev–Trinajstić information content (AvgIpc) is 2.83. The molecule has 2 heterocycles. The van der Waals surface area contributed by atoms with Gasteiger partial charge in [0.25, 0.3) is 0 Å². The zero-order valence-corrected chi connectivity index (χ0v) is 21.1. The number of sulfonamides is 1. The second-order valence-electron chi connectivity index (χ2n) is 8.82. The molecule has 1 amide bonds. The van der Waals surface area contributed by atoms with Crippen LogP contribution in [0.2, 0.25) is 10.0 Å². The SMILES string of the molecule is O=C(CC1(COc2ccccc2)CCCN(S(=O)(=O)c2cc(Cl)cc(Cl)c2)C1)N1CCOCC1. The Labute approximate surface area is 210 Å². The van der Waals surface area contributed by atoms with E-state index in [2.05, 4.69) is 0 Å². The fourth-order valence-corrected chi connectivity index (χ4v) is 6.82. The van der Waals surface area contributed by atoms with Crippen LogP contribution in [0, 0.1) is 5.41 Å². The fourth-order valence-electron chi connectivity index (χ4n) is 4.51. The molecule has 0 bridgehead atoms. The van der Waals surface area contributed by atoms with Gasteiger partial charge in [0.2, 0.25) is 15.9 Å². The van der Waals surface area contributed by atoms with E-state index in [0.717, 1.165) is 0 Å². The number of rotatable bonds is 7. The van der Waals surface area contributed by atoms with Crippen LogP contribution in [0.5, 0.6) is 5.75 Å². The Morgan fingerprint density at radius 1 is 1.03 bits per heavy atom. The van der Waals surface area contributed by atoms with Gasteiger partial charge in [0, 0.05) is 48.1 Å². The number of ether oxygens (including phenoxy) is 2. The first kappa shape index (κ1) is 25.3. The van der Waals surface area contributed by atoms with E-state index in [1.165, 1.54) is 22.5 Å². The normalized spacial score (nSPS) is 21.9. The van der Waals surface area contributed by atoms with Gasteiger partial charge >= 0.3 is 0 Å². The molecule has 0 aliphatic carbocycles. The van der Waals surface area contributed by atoms with Gasteiger partial charge in [0.15, 0.2) is 0 Å². The lowest BCUT2D eigenvalue weighted by molar-refractivity contribution is -0.139. The van der Waals surface area contributed by atoms with Crippen molar-refractivity contribution in [3.63, 3.8) is 0 Å². The lowest BCUT2D eigenvalue weighted by Gasteiger charge is -2.42. The molecule has 0 saturated carbocycles. The molecule has 0 spiro atoms. The number of morpholine rings is 1. The number of benzene rings is 2. The number of hydrogen-bond acceptors (Lipinski definition) is 5. The second-order valence-corrected chi connectivity index (χ2v) is 11.6. The molecule has 184 valence electrons. The summed E-state index contributed by atoms with van der Waals surface area (Å²) in [5, 5.41) is 0.508. The third-order valence-electron chi connectivity index (χ3n) is 6.28. The zero-order valence-electron chi connectivity index (χ0n) is 18.8. The van der Waals surface area contributed by atoms with Gasteiger partial charge in [-0.1, -0.05) is 41.4 Å². The predicted octanol–water partition coefficient (Wildman–Crippen LogP) is 4.09. The van der Waals surface area contributed by atoms with Crippen molar-refractivity contribution in [2.75, 3.05) is 46.0 Å². The van der Waals surface area contributed by atoms with E-state index in [9.17, 15) is 13.2 Å². The van der Waals surface area contributed by atoms with Crippen LogP contribution in [0.25, 0.3) is 0 Å². The topological polar surface area (TPSA) is 76.2 Å². The van der Waals surface area contributed by atoms with E-state index in [-0.39, 0.29) is 40.4 Å². The van der Waals surface area contributed by atoms with Gasteiger partial charge in [0.05, 0.1) is 24.7 Å². The molecule has 0 radical (unpaired) electrons. The Morgan fingerprint density at radius 2 is 1.71 bits per heavy atom. The molecule has 2 fully saturated rings. The van der Waals surface area contributed by atoms with Gasteiger partial charge in [-0.05, 0) is 43.2 Å². The van der Waals surface area contributed by atoms with E-state index >= 15 is 0 Å². The van der Waals surface area contributed by atoms with Crippen molar-refractivity contribution >= 4 is 39.1 Å². The van der Waals surface area contributed by atoms with Gasteiger partial charge in [-0.2, -0.15) is 4.31 Å².